The van der Waals surface area contributed by atoms with Gasteiger partial charge in [0.25, 0.3) is 5.09 Å². The number of carbonyl (C=O) groups excluding carboxylic acids is 1. The van der Waals surface area contributed by atoms with Crippen LogP contribution in [0.2, 0.25) is 0 Å². The third-order valence-electron chi connectivity index (χ3n) is 6.44. The summed E-state index contributed by atoms with van der Waals surface area (Å²) < 4.78 is 5.93. The number of H-pyrrole nitrogens is 1. The molecule has 1 saturated carbocycles. The van der Waals surface area contributed by atoms with Crippen LogP contribution < -0.4 is 15.4 Å². The Balaban J connectivity index is 1.16. The number of hydrogen-bond donors (Lipinski definition) is 4. The summed E-state index contributed by atoms with van der Waals surface area (Å²) in [6.07, 6.45) is 2.18. The van der Waals surface area contributed by atoms with Gasteiger partial charge in [0.2, 0.25) is 5.91 Å². The van der Waals surface area contributed by atoms with Crippen molar-refractivity contribution in [1.29, 1.82) is 0 Å². The molecule has 0 spiro atoms. The van der Waals surface area contributed by atoms with Crippen molar-refractivity contribution in [3.63, 3.8) is 0 Å². The molecule has 4 rings (SSSR count). The zero-order valence-electron chi connectivity index (χ0n) is 19.6. The lowest BCUT2D eigenvalue weighted by molar-refractivity contribution is -0.771. The summed E-state index contributed by atoms with van der Waals surface area (Å²) in [4.78, 5) is 31.0. The highest BCUT2D eigenvalue weighted by molar-refractivity contribution is 6.10. The number of fused-ring (bicyclic) bond motifs is 3. The Hall–Kier alpha value is -3.37. The zero-order valence-corrected chi connectivity index (χ0v) is 19.6. The van der Waals surface area contributed by atoms with Gasteiger partial charge in [-0.15, -0.1) is 10.1 Å². The van der Waals surface area contributed by atoms with Crippen molar-refractivity contribution >= 4 is 27.7 Å². The molecule has 3 aromatic rings. The van der Waals surface area contributed by atoms with Crippen LogP contribution in [0.15, 0.2) is 42.5 Å². The lowest BCUT2D eigenvalue weighted by Crippen LogP contribution is -2.39. The molecule has 188 valence electrons. The number of nitrogens with zero attached hydrogens (tertiary/aromatic N) is 1. The fraction of sp³-hybridized carbons (Fsp3) is 0.480. The maximum Gasteiger partial charge on any atom is 0.294 e. The van der Waals surface area contributed by atoms with Crippen molar-refractivity contribution in [3.8, 4) is 5.75 Å². The number of aromatic amines is 1. The summed E-state index contributed by atoms with van der Waals surface area (Å²) in [7, 11) is 0. The van der Waals surface area contributed by atoms with Crippen molar-refractivity contribution in [2.45, 2.75) is 44.3 Å². The van der Waals surface area contributed by atoms with Crippen LogP contribution >= 0.6 is 0 Å². The number of carbonyl (C=O) groups is 1. The van der Waals surface area contributed by atoms with Crippen molar-refractivity contribution in [2.75, 3.05) is 26.2 Å². The lowest BCUT2D eigenvalue weighted by Gasteiger charge is -2.29. The monoisotopic (exact) mass is 484 g/mol. The number of para-hydroxylation sites is 1. The number of aliphatic hydroxyl groups excluding tert-OH is 1. The average molecular weight is 485 g/mol. The molecule has 1 unspecified atom stereocenters. The number of rotatable bonds is 12. The van der Waals surface area contributed by atoms with E-state index in [-0.39, 0.29) is 24.9 Å². The van der Waals surface area contributed by atoms with Crippen molar-refractivity contribution in [1.82, 2.24) is 15.6 Å². The summed E-state index contributed by atoms with van der Waals surface area (Å²) in [5.74, 6) is 0.433. The molecule has 0 aliphatic heterocycles. The standard InChI is InChI=1S/C25H32N4O6/c30-18(16-34-23-11-5-9-21-25(23)19-7-2-3-8-20(19)28-21)15-26-12-13-27-24(31)14-17-6-1-4-10-22(17)35-29(32)33/h2-3,5,7-9,11,17-18,22,26,28,30H,1,4,6,10,12-16H2,(H,27,31)/t17-,18?,22+/m0/s1. The molecule has 4 N–H and O–H groups in total. The van der Waals surface area contributed by atoms with Gasteiger partial charge in [0.15, 0.2) is 0 Å². The average Bonchev–Trinajstić information content (AvgIpc) is 3.23. The normalized spacial score (nSPS) is 18.9. The molecule has 1 heterocycles. The molecule has 1 aliphatic carbocycles. The third kappa shape index (κ3) is 6.61. The predicted octanol–water partition coefficient (Wildman–Crippen LogP) is 2.92. The predicted molar refractivity (Wildman–Crippen MR) is 132 cm³/mol. The van der Waals surface area contributed by atoms with Crippen LogP contribution in [0.4, 0.5) is 0 Å². The van der Waals surface area contributed by atoms with Gasteiger partial charge in [-0.2, -0.15) is 0 Å². The quantitative estimate of drug-likeness (QED) is 0.176. The molecule has 0 saturated heterocycles. The van der Waals surface area contributed by atoms with E-state index in [9.17, 15) is 20.0 Å². The Morgan fingerprint density at radius 3 is 2.80 bits per heavy atom. The second kappa shape index (κ2) is 11.9. The molecule has 10 nitrogen and oxygen atoms in total. The summed E-state index contributed by atoms with van der Waals surface area (Å²) in [6, 6.07) is 13.8. The SMILES string of the molecule is O=C(C[C@@H]1CCCC[C@H]1O[N+](=O)[O-])NCCNCC(O)COc1cccc2[nH]c3ccccc3c12. The first-order valence-corrected chi connectivity index (χ1v) is 12.1. The van der Waals surface area contributed by atoms with E-state index < -0.39 is 17.3 Å². The molecular formula is C25H32N4O6. The maximum absolute atomic E-state index is 12.2. The Morgan fingerprint density at radius 1 is 1.14 bits per heavy atom. The highest BCUT2D eigenvalue weighted by atomic mass is 17.0. The molecular weight excluding hydrogens is 452 g/mol. The number of aromatic nitrogens is 1. The highest BCUT2D eigenvalue weighted by Crippen LogP contribution is 2.33. The maximum atomic E-state index is 12.2. The van der Waals surface area contributed by atoms with Gasteiger partial charge in [0, 0.05) is 42.3 Å². The number of nitrogens with one attached hydrogen (secondary N) is 3. The summed E-state index contributed by atoms with van der Waals surface area (Å²) in [5, 5.41) is 28.2. The van der Waals surface area contributed by atoms with E-state index in [1.54, 1.807) is 0 Å². The van der Waals surface area contributed by atoms with Gasteiger partial charge in [-0.3, -0.25) is 4.79 Å². The van der Waals surface area contributed by atoms with E-state index >= 15 is 0 Å². The first-order chi connectivity index (χ1) is 17.0. The Morgan fingerprint density at radius 2 is 1.94 bits per heavy atom. The van der Waals surface area contributed by atoms with E-state index in [2.05, 4.69) is 15.6 Å². The van der Waals surface area contributed by atoms with Crippen LogP contribution in [0.25, 0.3) is 21.8 Å². The van der Waals surface area contributed by atoms with Crippen LogP contribution in [0.3, 0.4) is 0 Å². The minimum Gasteiger partial charge on any atom is -0.490 e. The summed E-state index contributed by atoms with van der Waals surface area (Å²) in [5.41, 5.74) is 2.02. The Kier molecular flexibility index (Phi) is 8.38. The lowest BCUT2D eigenvalue weighted by atomic mass is 9.84. The molecule has 1 aromatic heterocycles. The number of hydrogen-bond acceptors (Lipinski definition) is 7. The van der Waals surface area contributed by atoms with E-state index in [0.29, 0.717) is 31.8 Å². The zero-order chi connectivity index (χ0) is 24.6. The third-order valence-corrected chi connectivity index (χ3v) is 6.44. The van der Waals surface area contributed by atoms with Crippen LogP contribution in [-0.2, 0) is 9.63 Å². The molecule has 1 amide bonds. The van der Waals surface area contributed by atoms with Crippen molar-refractivity contribution in [2.24, 2.45) is 5.92 Å². The first kappa shape index (κ1) is 24.7. The van der Waals surface area contributed by atoms with Crippen LogP contribution in [-0.4, -0.2) is 59.5 Å². The minimum atomic E-state index is -0.763. The van der Waals surface area contributed by atoms with Gasteiger partial charge in [0.05, 0.1) is 5.52 Å². The molecule has 2 aromatic carbocycles. The summed E-state index contributed by atoms with van der Waals surface area (Å²) in [6.45, 7) is 1.34. The van der Waals surface area contributed by atoms with E-state index in [4.69, 9.17) is 9.57 Å². The smallest absolute Gasteiger partial charge is 0.294 e. The molecule has 3 atom stereocenters. The van der Waals surface area contributed by atoms with Crippen LogP contribution in [0, 0.1) is 16.0 Å². The Labute approximate surface area is 203 Å². The number of benzene rings is 2. The second-order valence-corrected chi connectivity index (χ2v) is 8.98. The van der Waals surface area contributed by atoms with E-state index in [1.165, 1.54) is 0 Å². The Bertz CT molecular complexity index is 1150. The molecule has 0 radical (unpaired) electrons. The molecule has 1 fully saturated rings. The van der Waals surface area contributed by atoms with Gasteiger partial charge in [-0.05, 0) is 37.0 Å². The second-order valence-electron chi connectivity index (χ2n) is 8.98. The largest absolute Gasteiger partial charge is 0.490 e. The molecule has 35 heavy (non-hydrogen) atoms. The van der Waals surface area contributed by atoms with E-state index in [1.807, 2.05) is 42.5 Å². The van der Waals surface area contributed by atoms with Gasteiger partial charge in [-0.25, -0.2) is 0 Å². The minimum absolute atomic E-state index is 0.136. The first-order valence-electron chi connectivity index (χ1n) is 12.1. The van der Waals surface area contributed by atoms with Crippen molar-refractivity contribution < 1.29 is 24.6 Å². The van der Waals surface area contributed by atoms with Gasteiger partial charge in [-0.1, -0.05) is 37.1 Å². The number of ether oxygens (including phenoxy) is 1. The number of aliphatic hydroxyl groups is 1. The fourth-order valence-corrected chi connectivity index (χ4v) is 4.76. The topological polar surface area (TPSA) is 139 Å². The van der Waals surface area contributed by atoms with Crippen LogP contribution in [0.5, 0.6) is 5.75 Å². The molecule has 10 heteroatoms. The van der Waals surface area contributed by atoms with Crippen LogP contribution in [0.1, 0.15) is 32.1 Å². The van der Waals surface area contributed by atoms with E-state index in [0.717, 1.165) is 41.1 Å². The van der Waals surface area contributed by atoms with Gasteiger partial charge >= 0.3 is 0 Å². The van der Waals surface area contributed by atoms with Gasteiger partial charge in [0.1, 0.15) is 24.6 Å². The fourth-order valence-electron chi connectivity index (χ4n) is 4.76. The summed E-state index contributed by atoms with van der Waals surface area (Å²) >= 11 is 0. The molecule has 0 bridgehead atoms. The molecule has 1 aliphatic rings. The number of amides is 1. The highest BCUT2D eigenvalue weighted by Gasteiger charge is 2.29. The van der Waals surface area contributed by atoms with Gasteiger partial charge < -0.3 is 30.3 Å². The van der Waals surface area contributed by atoms with Crippen molar-refractivity contribution in [3.05, 3.63) is 52.6 Å².